The van der Waals surface area contributed by atoms with Gasteiger partial charge in [0.2, 0.25) is 23.6 Å². The maximum Gasteiger partial charge on any atom is 0.266 e. The molecule has 59 heavy (non-hydrogen) atoms. The molecule has 0 radical (unpaired) electrons. The molecule has 3 N–H and O–H groups in total. The van der Waals surface area contributed by atoms with E-state index < -0.39 is 59.3 Å². The van der Waals surface area contributed by atoms with Crippen LogP contribution in [0.5, 0.6) is 11.5 Å². The van der Waals surface area contributed by atoms with Crippen molar-refractivity contribution >= 4 is 62.1 Å². The molecule has 17 heteroatoms. The summed E-state index contributed by atoms with van der Waals surface area (Å²) in [6.07, 6.45) is 7.40. The molecule has 0 aromatic heterocycles. The Morgan fingerprint density at radius 2 is 1.10 bits per heavy atom. The molecule has 2 aromatic rings. The SMILES string of the molecule is CPC.O=C1CCC(N2C(=O)c3cccc(OCCCCCCO)c3C2=O)C(=O)N1.O=CCCCCCOc1cccc2c1C(=O)N(C1CCC(=O)NC1=O)C2=O.[2H]CC. The van der Waals surface area contributed by atoms with Gasteiger partial charge >= 0.3 is 0 Å². The summed E-state index contributed by atoms with van der Waals surface area (Å²) in [5.41, 5.74) is 0.730. The van der Waals surface area contributed by atoms with Gasteiger partial charge in [0, 0.05) is 27.2 Å². The Kier molecular flexibility index (Phi) is 19.3. The lowest BCUT2D eigenvalue weighted by Crippen LogP contribution is -2.54. The summed E-state index contributed by atoms with van der Waals surface area (Å²) < 4.78 is 17.6. The second-order valence-corrected chi connectivity index (χ2v) is 14.6. The molecule has 6 rings (SSSR count). The molecule has 8 amide bonds. The predicted octanol–water partition coefficient (Wildman–Crippen LogP) is 4.20. The maximum absolute atomic E-state index is 12.9. The van der Waals surface area contributed by atoms with E-state index in [1.807, 2.05) is 0 Å². The summed E-state index contributed by atoms with van der Waals surface area (Å²) in [5, 5.41) is 13.1. The monoisotopic (exact) mass is 839 g/mol. The Balaban J connectivity index is 0.000000283. The number of unbranched alkanes of at least 4 members (excludes halogenated alkanes) is 6. The molecule has 0 saturated carbocycles. The zero-order valence-electron chi connectivity index (χ0n) is 34.8. The van der Waals surface area contributed by atoms with Crippen LogP contribution in [0.1, 0.15) is 134 Å². The summed E-state index contributed by atoms with van der Waals surface area (Å²) in [5.74, 6) is -3.71. The van der Waals surface area contributed by atoms with E-state index in [1.165, 1.54) is 12.1 Å². The van der Waals surface area contributed by atoms with Gasteiger partial charge in [-0.25, -0.2) is 0 Å². The number of imide groups is 4. The molecule has 16 nitrogen and oxygen atoms in total. The number of benzene rings is 2. The van der Waals surface area contributed by atoms with Gasteiger partial charge in [0.05, 0.1) is 35.5 Å². The summed E-state index contributed by atoms with van der Waals surface area (Å²) in [4.78, 5) is 110. The van der Waals surface area contributed by atoms with E-state index in [2.05, 4.69) is 24.0 Å². The van der Waals surface area contributed by atoms with Gasteiger partial charge in [0.1, 0.15) is 29.9 Å². The minimum atomic E-state index is -0.994. The first-order valence-electron chi connectivity index (χ1n) is 20.5. The number of carbonyl (C=O) groups is 9. The highest BCUT2D eigenvalue weighted by Crippen LogP contribution is 2.35. The van der Waals surface area contributed by atoms with Crippen LogP contribution in [0, 0.1) is 0 Å². The number of rotatable bonds is 16. The smallest absolute Gasteiger partial charge is 0.266 e. The number of fused-ring (bicyclic) bond motifs is 2. The van der Waals surface area contributed by atoms with Crippen LogP contribution in [-0.4, -0.2) is 114 Å². The Morgan fingerprint density at radius 3 is 1.49 bits per heavy atom. The van der Waals surface area contributed by atoms with Crippen LogP contribution in [-0.2, 0) is 24.0 Å². The fraction of sp³-hybridized carbons (Fsp3) is 0.500. The van der Waals surface area contributed by atoms with Crippen molar-refractivity contribution in [3.63, 3.8) is 0 Å². The number of aliphatic hydroxyl groups is 1. The number of carbonyl (C=O) groups excluding carboxylic acids is 9. The van der Waals surface area contributed by atoms with E-state index in [-0.39, 0.29) is 54.5 Å². The van der Waals surface area contributed by atoms with Gasteiger partial charge in [0.25, 0.3) is 23.6 Å². The number of amides is 8. The summed E-state index contributed by atoms with van der Waals surface area (Å²) in [6.45, 7) is 7.51. The maximum atomic E-state index is 12.9. The molecule has 0 aliphatic carbocycles. The number of aliphatic hydroxyl groups excluding tert-OH is 1. The number of nitrogens with one attached hydrogen (secondary N) is 2. The first-order valence-corrected chi connectivity index (χ1v) is 21.8. The molecule has 4 aliphatic rings. The average molecular weight is 840 g/mol. The first-order chi connectivity index (χ1) is 28.9. The lowest BCUT2D eigenvalue weighted by atomic mass is 10.0. The third-order valence-corrected chi connectivity index (χ3v) is 9.39. The molecule has 320 valence electrons. The minimum absolute atomic E-state index is 0.0773. The van der Waals surface area contributed by atoms with Crippen molar-refractivity contribution < 1.29 is 59.1 Å². The molecule has 2 saturated heterocycles. The normalized spacial score (nSPS) is 18.2. The summed E-state index contributed by atoms with van der Waals surface area (Å²) in [7, 11) is 1.08. The van der Waals surface area contributed by atoms with Gasteiger partial charge in [-0.3, -0.25) is 58.8 Å². The number of ether oxygens (including phenoxy) is 2. The third-order valence-electron chi connectivity index (χ3n) is 9.39. The molecule has 2 atom stereocenters. The number of hydrogen-bond acceptors (Lipinski definition) is 12. The largest absolute Gasteiger partial charge is 0.493 e. The predicted molar refractivity (Wildman–Crippen MR) is 219 cm³/mol. The zero-order valence-corrected chi connectivity index (χ0v) is 34.8. The van der Waals surface area contributed by atoms with Crippen LogP contribution in [0.2, 0.25) is 0 Å². The number of piperidine rings is 2. The summed E-state index contributed by atoms with van der Waals surface area (Å²) >= 11 is 0. The molecule has 0 spiro atoms. The van der Waals surface area contributed by atoms with E-state index in [4.69, 9.17) is 16.0 Å². The van der Waals surface area contributed by atoms with Gasteiger partial charge in [0.15, 0.2) is 0 Å². The topological polar surface area (TPSA) is 223 Å². The highest BCUT2D eigenvalue weighted by atomic mass is 31.1. The number of nitrogens with zero attached hydrogens (tertiary/aromatic N) is 2. The van der Waals surface area contributed by atoms with Crippen molar-refractivity contribution in [2.75, 3.05) is 33.2 Å². The van der Waals surface area contributed by atoms with Gasteiger partial charge in [-0.1, -0.05) is 32.4 Å². The van der Waals surface area contributed by atoms with Gasteiger partial charge in [-0.2, -0.15) is 0 Å². The second kappa shape index (κ2) is 24.6. The van der Waals surface area contributed by atoms with Crippen molar-refractivity contribution in [2.24, 2.45) is 0 Å². The second-order valence-electron chi connectivity index (χ2n) is 13.6. The Hall–Kier alpha value is -5.34. The lowest BCUT2D eigenvalue weighted by molar-refractivity contribution is -0.137. The van der Waals surface area contributed by atoms with Crippen molar-refractivity contribution in [3.8, 4) is 11.5 Å². The van der Waals surface area contributed by atoms with E-state index in [0.717, 1.165) is 69.6 Å². The Labute approximate surface area is 347 Å². The molecule has 2 fully saturated rings. The van der Waals surface area contributed by atoms with Gasteiger partial charge < -0.3 is 19.4 Å². The van der Waals surface area contributed by atoms with E-state index in [0.29, 0.717) is 38.0 Å². The van der Waals surface area contributed by atoms with Crippen LogP contribution in [0.4, 0.5) is 0 Å². The van der Waals surface area contributed by atoms with E-state index >= 15 is 0 Å². The molecule has 0 bridgehead atoms. The quantitative estimate of drug-likeness (QED) is 0.0937. The van der Waals surface area contributed by atoms with Crippen molar-refractivity contribution in [1.29, 1.82) is 0 Å². The average Bonchev–Trinajstić information content (AvgIpc) is 3.63. The van der Waals surface area contributed by atoms with Crippen LogP contribution >= 0.6 is 8.58 Å². The summed E-state index contributed by atoms with van der Waals surface area (Å²) in [6, 6.07) is 7.59. The Bertz CT molecular complexity index is 1890. The highest BCUT2D eigenvalue weighted by molar-refractivity contribution is 7.35. The van der Waals surface area contributed by atoms with Crippen LogP contribution in [0.15, 0.2) is 36.4 Å². The fourth-order valence-electron chi connectivity index (χ4n) is 6.65. The Morgan fingerprint density at radius 1 is 0.695 bits per heavy atom. The zero-order chi connectivity index (χ0) is 44.2. The van der Waals surface area contributed by atoms with Crippen molar-refractivity contribution in [2.45, 2.75) is 103 Å². The standard InChI is InChI=1S/C19H22N2O6.C19H20N2O6.C2H7P.C2H6/c2*22-10-3-1-2-4-11-27-14-7-5-6-12-16(14)19(26)21(18(12)25)13-8-9-15(23)20-17(13)24;1-3-2;1-2/h5-7,13,22H,1-4,8-11H2,(H,20,23,24);5-7,10,13H,1-4,8-9,11H2,(H,20,23,24);3H,1-2H3;1-2H3/i;;;1D. The minimum Gasteiger partial charge on any atom is -0.493 e. The number of aldehydes is 1. The molecule has 2 unspecified atom stereocenters. The number of hydrogen-bond donors (Lipinski definition) is 3. The highest BCUT2D eigenvalue weighted by Gasteiger charge is 2.47. The first kappa shape index (κ1) is 46.4. The fourth-order valence-corrected chi connectivity index (χ4v) is 6.65. The van der Waals surface area contributed by atoms with Crippen molar-refractivity contribution in [1.82, 2.24) is 20.4 Å². The molecular formula is C42H55N4O12P. The van der Waals surface area contributed by atoms with Crippen LogP contribution < -0.4 is 20.1 Å². The lowest BCUT2D eigenvalue weighted by Gasteiger charge is -2.27. The van der Waals surface area contributed by atoms with Crippen molar-refractivity contribution in [3.05, 3.63) is 58.7 Å². The third kappa shape index (κ3) is 12.3. The van der Waals surface area contributed by atoms with Crippen LogP contribution in [0.3, 0.4) is 0 Å². The molecule has 2 aromatic carbocycles. The van der Waals surface area contributed by atoms with E-state index in [9.17, 15) is 43.2 Å². The molecule has 4 heterocycles. The van der Waals surface area contributed by atoms with Gasteiger partial charge in [-0.05, 0) is 89.0 Å². The molecular weight excluding hydrogens is 783 g/mol. The van der Waals surface area contributed by atoms with Gasteiger partial charge in [-0.15, -0.1) is 8.58 Å². The van der Waals surface area contributed by atoms with Crippen LogP contribution in [0.25, 0.3) is 0 Å². The van der Waals surface area contributed by atoms with E-state index in [1.54, 1.807) is 31.2 Å². The molecule has 4 aliphatic heterocycles.